The van der Waals surface area contributed by atoms with Crippen molar-refractivity contribution in [1.82, 2.24) is 20.2 Å². The highest BCUT2D eigenvalue weighted by molar-refractivity contribution is 5.25. The van der Waals surface area contributed by atoms with Gasteiger partial charge in [-0.05, 0) is 33.4 Å². The van der Waals surface area contributed by atoms with Gasteiger partial charge in [0, 0.05) is 36.6 Å². The molecule has 5 heteroatoms. The fraction of sp³-hybridized carbons (Fsp3) is 0.714. The molecule has 1 N–H and O–H groups in total. The highest BCUT2D eigenvalue weighted by Crippen LogP contribution is 2.29. The topological polar surface area (TPSA) is 50.3 Å². The molecule has 0 aromatic carbocycles. The monoisotopic (exact) mass is 262 g/mol. The number of hydrogen-bond donors (Lipinski definition) is 1. The molecule has 19 heavy (non-hydrogen) atoms. The maximum Gasteiger partial charge on any atom is 0.158 e. The number of fused-ring (bicyclic) bond motifs is 1. The van der Waals surface area contributed by atoms with Crippen LogP contribution in [0.2, 0.25) is 0 Å². The van der Waals surface area contributed by atoms with Gasteiger partial charge in [0.1, 0.15) is 6.10 Å². The molecule has 2 atom stereocenters. The Morgan fingerprint density at radius 1 is 1.47 bits per heavy atom. The van der Waals surface area contributed by atoms with Gasteiger partial charge in [0.15, 0.2) is 5.82 Å². The van der Waals surface area contributed by atoms with Gasteiger partial charge >= 0.3 is 0 Å². The second-order valence-corrected chi connectivity index (χ2v) is 5.49. The average molecular weight is 262 g/mol. The Labute approximate surface area is 114 Å². The van der Waals surface area contributed by atoms with Crippen LogP contribution in [-0.4, -0.2) is 48.7 Å². The minimum absolute atomic E-state index is 0.0269. The SMILES string of the molecule is CNC1CCCc2nc(C3CN(C)CCO3)ncc21. The Hall–Kier alpha value is -1.04. The van der Waals surface area contributed by atoms with Gasteiger partial charge in [0.05, 0.1) is 6.61 Å². The van der Waals surface area contributed by atoms with Crippen LogP contribution in [0.25, 0.3) is 0 Å². The molecule has 1 saturated heterocycles. The minimum atomic E-state index is 0.0269. The Morgan fingerprint density at radius 3 is 3.16 bits per heavy atom. The summed E-state index contributed by atoms with van der Waals surface area (Å²) in [5, 5.41) is 3.35. The smallest absolute Gasteiger partial charge is 0.158 e. The van der Waals surface area contributed by atoms with E-state index in [0.29, 0.717) is 6.04 Å². The van der Waals surface area contributed by atoms with Crippen LogP contribution in [0, 0.1) is 0 Å². The fourth-order valence-corrected chi connectivity index (χ4v) is 2.95. The van der Waals surface area contributed by atoms with Crippen molar-refractivity contribution in [1.29, 1.82) is 0 Å². The van der Waals surface area contributed by atoms with Gasteiger partial charge in [-0.25, -0.2) is 9.97 Å². The maximum absolute atomic E-state index is 5.80. The lowest BCUT2D eigenvalue weighted by atomic mass is 9.92. The lowest BCUT2D eigenvalue weighted by Gasteiger charge is -2.30. The van der Waals surface area contributed by atoms with Crippen LogP contribution in [-0.2, 0) is 11.2 Å². The number of morpholine rings is 1. The molecule has 2 heterocycles. The molecule has 2 unspecified atom stereocenters. The fourth-order valence-electron chi connectivity index (χ4n) is 2.95. The maximum atomic E-state index is 5.80. The van der Waals surface area contributed by atoms with Gasteiger partial charge < -0.3 is 15.0 Å². The van der Waals surface area contributed by atoms with Crippen LogP contribution in [0.1, 0.15) is 42.1 Å². The molecule has 104 valence electrons. The second-order valence-electron chi connectivity index (χ2n) is 5.49. The Balaban J connectivity index is 1.84. The first-order valence-corrected chi connectivity index (χ1v) is 7.11. The lowest BCUT2D eigenvalue weighted by molar-refractivity contribution is -0.0256. The summed E-state index contributed by atoms with van der Waals surface area (Å²) in [7, 11) is 4.12. The molecule has 1 aromatic rings. The molecule has 1 aromatic heterocycles. The Bertz CT molecular complexity index is 451. The van der Waals surface area contributed by atoms with Crippen molar-refractivity contribution in [2.75, 3.05) is 33.8 Å². The van der Waals surface area contributed by atoms with E-state index < -0.39 is 0 Å². The summed E-state index contributed by atoms with van der Waals surface area (Å²) >= 11 is 0. The summed E-state index contributed by atoms with van der Waals surface area (Å²) in [5.41, 5.74) is 2.47. The van der Waals surface area contributed by atoms with Crippen molar-refractivity contribution in [3.8, 4) is 0 Å². The van der Waals surface area contributed by atoms with E-state index in [4.69, 9.17) is 9.72 Å². The highest BCUT2D eigenvalue weighted by Gasteiger charge is 2.25. The molecule has 0 amide bonds. The second kappa shape index (κ2) is 5.53. The van der Waals surface area contributed by atoms with Crippen molar-refractivity contribution in [3.05, 3.63) is 23.3 Å². The van der Waals surface area contributed by atoms with Crippen molar-refractivity contribution >= 4 is 0 Å². The number of aromatic nitrogens is 2. The number of likely N-dealkylation sites (N-methyl/N-ethyl adjacent to an activating group) is 1. The first-order chi connectivity index (χ1) is 9.28. The normalized spacial score (nSPS) is 28.1. The molecule has 2 aliphatic rings. The van der Waals surface area contributed by atoms with Crippen LogP contribution in [0.5, 0.6) is 0 Å². The van der Waals surface area contributed by atoms with Gasteiger partial charge in [-0.3, -0.25) is 0 Å². The summed E-state index contributed by atoms with van der Waals surface area (Å²) in [6, 6.07) is 0.410. The summed E-state index contributed by atoms with van der Waals surface area (Å²) in [5.74, 6) is 0.849. The largest absolute Gasteiger partial charge is 0.368 e. The number of rotatable bonds is 2. The van der Waals surface area contributed by atoms with Gasteiger partial charge in [0.2, 0.25) is 0 Å². The zero-order chi connectivity index (χ0) is 13.2. The van der Waals surface area contributed by atoms with Crippen LogP contribution < -0.4 is 5.32 Å². The molecule has 3 rings (SSSR count). The van der Waals surface area contributed by atoms with Gasteiger partial charge in [0.25, 0.3) is 0 Å². The first-order valence-electron chi connectivity index (χ1n) is 7.11. The molecular formula is C14H22N4O. The van der Waals surface area contributed by atoms with E-state index in [0.717, 1.165) is 31.9 Å². The van der Waals surface area contributed by atoms with E-state index in [1.165, 1.54) is 24.1 Å². The highest BCUT2D eigenvalue weighted by atomic mass is 16.5. The van der Waals surface area contributed by atoms with Gasteiger partial charge in [-0.2, -0.15) is 0 Å². The number of aryl methyl sites for hydroxylation is 1. The van der Waals surface area contributed by atoms with Crippen molar-refractivity contribution < 1.29 is 4.74 Å². The van der Waals surface area contributed by atoms with Gasteiger partial charge in [-0.1, -0.05) is 0 Å². The predicted octanol–water partition coefficient (Wildman–Crippen LogP) is 1.08. The number of nitrogens with one attached hydrogen (secondary N) is 1. The molecule has 1 aliphatic heterocycles. The molecule has 0 saturated carbocycles. The Morgan fingerprint density at radius 2 is 2.37 bits per heavy atom. The third-order valence-electron chi connectivity index (χ3n) is 4.11. The van der Waals surface area contributed by atoms with Crippen molar-refractivity contribution in [2.45, 2.75) is 31.4 Å². The quantitative estimate of drug-likeness (QED) is 0.864. The zero-order valence-electron chi connectivity index (χ0n) is 11.7. The van der Waals surface area contributed by atoms with E-state index in [1.807, 2.05) is 13.2 Å². The standard InChI is InChI=1S/C14H22N4O/c1-15-11-4-3-5-12-10(11)8-16-14(17-12)13-9-18(2)6-7-19-13/h8,11,13,15H,3-7,9H2,1-2H3. The number of hydrogen-bond acceptors (Lipinski definition) is 5. The van der Waals surface area contributed by atoms with Crippen molar-refractivity contribution in [2.24, 2.45) is 0 Å². The van der Waals surface area contributed by atoms with E-state index in [2.05, 4.69) is 22.2 Å². The average Bonchev–Trinajstić information content (AvgIpc) is 2.46. The first kappa shape index (κ1) is 13.0. The third kappa shape index (κ3) is 2.63. The number of nitrogens with zero attached hydrogens (tertiary/aromatic N) is 3. The minimum Gasteiger partial charge on any atom is -0.368 e. The molecule has 0 bridgehead atoms. The van der Waals surface area contributed by atoms with E-state index in [9.17, 15) is 0 Å². The van der Waals surface area contributed by atoms with Crippen LogP contribution in [0.4, 0.5) is 0 Å². The van der Waals surface area contributed by atoms with Crippen molar-refractivity contribution in [3.63, 3.8) is 0 Å². The van der Waals surface area contributed by atoms with Gasteiger partial charge in [-0.15, -0.1) is 0 Å². The lowest BCUT2D eigenvalue weighted by Crippen LogP contribution is -2.36. The molecular weight excluding hydrogens is 240 g/mol. The zero-order valence-corrected chi connectivity index (χ0v) is 11.7. The predicted molar refractivity (Wildman–Crippen MR) is 73.0 cm³/mol. The molecule has 0 radical (unpaired) electrons. The molecule has 0 spiro atoms. The number of ether oxygens (including phenoxy) is 1. The molecule has 5 nitrogen and oxygen atoms in total. The summed E-state index contributed by atoms with van der Waals surface area (Å²) in [4.78, 5) is 11.6. The summed E-state index contributed by atoms with van der Waals surface area (Å²) in [6.07, 6.45) is 5.45. The van der Waals surface area contributed by atoms with E-state index in [-0.39, 0.29) is 6.10 Å². The van der Waals surface area contributed by atoms with Crippen LogP contribution >= 0.6 is 0 Å². The Kier molecular flexibility index (Phi) is 3.77. The third-order valence-corrected chi connectivity index (χ3v) is 4.11. The van der Waals surface area contributed by atoms with E-state index in [1.54, 1.807) is 0 Å². The van der Waals surface area contributed by atoms with Crippen LogP contribution in [0.3, 0.4) is 0 Å². The molecule has 1 fully saturated rings. The summed E-state index contributed by atoms with van der Waals surface area (Å²) in [6.45, 7) is 2.64. The molecule has 1 aliphatic carbocycles. The summed E-state index contributed by atoms with van der Waals surface area (Å²) < 4.78 is 5.80. The van der Waals surface area contributed by atoms with Crippen LogP contribution in [0.15, 0.2) is 6.20 Å². The van der Waals surface area contributed by atoms with E-state index >= 15 is 0 Å².